The normalized spacial score (nSPS) is 31.0. The molecule has 0 unspecified atom stereocenters. The van der Waals surface area contributed by atoms with E-state index in [1.54, 1.807) is 31.2 Å². The number of carbonyl (C=O) groups is 1. The highest BCUT2D eigenvalue weighted by atomic mass is 79.9. The van der Waals surface area contributed by atoms with Gasteiger partial charge in [-0.25, -0.2) is 0 Å². The summed E-state index contributed by atoms with van der Waals surface area (Å²) in [6.07, 6.45) is -4.75. The highest BCUT2D eigenvalue weighted by Gasteiger charge is 2.62. The lowest BCUT2D eigenvalue weighted by atomic mass is 9.88. The molecule has 0 aromatic heterocycles. The molecular weight excluding hydrogens is 339 g/mol. The molecule has 3 nitrogen and oxygen atoms in total. The molecule has 7 heteroatoms. The fraction of sp³-hybridized carbons (Fsp3) is 0.462. The molecule has 0 radical (unpaired) electrons. The Balaban J connectivity index is 2.31. The summed E-state index contributed by atoms with van der Waals surface area (Å²) in [6, 6.07) is 7.00. The van der Waals surface area contributed by atoms with Crippen molar-refractivity contribution in [2.24, 2.45) is 0 Å². The van der Waals surface area contributed by atoms with Crippen LogP contribution in [-0.2, 0) is 15.1 Å². The van der Waals surface area contributed by atoms with Crippen LogP contribution in [0.1, 0.15) is 19.4 Å². The Morgan fingerprint density at radius 3 is 2.50 bits per heavy atom. The van der Waals surface area contributed by atoms with Gasteiger partial charge in [0.05, 0.1) is 12.1 Å². The highest BCUT2D eigenvalue weighted by molar-refractivity contribution is 9.10. The predicted molar refractivity (Wildman–Crippen MR) is 70.0 cm³/mol. The monoisotopic (exact) mass is 351 g/mol. The minimum Gasteiger partial charge on any atom is -0.354 e. The summed E-state index contributed by atoms with van der Waals surface area (Å²) in [5, 5.41) is 2.43. The van der Waals surface area contributed by atoms with Gasteiger partial charge in [-0.05, 0) is 31.5 Å². The fourth-order valence-corrected chi connectivity index (χ4v) is 2.36. The molecule has 0 saturated carbocycles. The Bertz CT molecular complexity index is 549. The minimum absolute atomic E-state index is 0.259. The molecule has 1 amide bonds. The van der Waals surface area contributed by atoms with Gasteiger partial charge in [0.1, 0.15) is 0 Å². The van der Waals surface area contributed by atoms with Crippen LogP contribution in [0.2, 0.25) is 0 Å². The van der Waals surface area contributed by atoms with Gasteiger partial charge in [0.15, 0.2) is 0 Å². The van der Waals surface area contributed by atoms with Crippen LogP contribution in [0.15, 0.2) is 28.7 Å². The van der Waals surface area contributed by atoms with Crippen LogP contribution >= 0.6 is 15.9 Å². The van der Waals surface area contributed by atoms with E-state index in [0.717, 1.165) is 11.4 Å². The van der Waals surface area contributed by atoms with Gasteiger partial charge in [-0.3, -0.25) is 4.79 Å². The quantitative estimate of drug-likeness (QED) is 0.844. The summed E-state index contributed by atoms with van der Waals surface area (Å²) < 4.78 is 44.4. The number of alkyl halides is 3. The van der Waals surface area contributed by atoms with Crippen LogP contribution in [0.4, 0.5) is 13.2 Å². The van der Waals surface area contributed by atoms with E-state index in [2.05, 4.69) is 21.2 Å². The van der Waals surface area contributed by atoms with E-state index in [1.807, 2.05) is 0 Å². The lowest BCUT2D eigenvalue weighted by Crippen LogP contribution is -2.67. The van der Waals surface area contributed by atoms with Gasteiger partial charge in [0.25, 0.3) is 5.91 Å². The summed E-state index contributed by atoms with van der Waals surface area (Å²) in [4.78, 5) is 11.9. The predicted octanol–water partition coefficient (Wildman–Crippen LogP) is 3.13. The topological polar surface area (TPSA) is 38.3 Å². The molecule has 1 fully saturated rings. The first kappa shape index (κ1) is 15.3. The lowest BCUT2D eigenvalue weighted by Gasteiger charge is -2.43. The Morgan fingerprint density at radius 2 is 2.00 bits per heavy atom. The first-order chi connectivity index (χ1) is 9.08. The van der Waals surface area contributed by atoms with E-state index in [9.17, 15) is 18.0 Å². The summed E-state index contributed by atoms with van der Waals surface area (Å²) in [5.74, 6) is -1.18. The van der Waals surface area contributed by atoms with Crippen molar-refractivity contribution in [3.63, 3.8) is 0 Å². The maximum absolute atomic E-state index is 12.9. The fourth-order valence-electron chi connectivity index (χ4n) is 1.96. The molecule has 1 aromatic rings. The summed E-state index contributed by atoms with van der Waals surface area (Å²) in [5.41, 5.74) is -3.13. The molecule has 1 aliphatic heterocycles. The second-order valence-electron chi connectivity index (χ2n) is 5.12. The molecule has 110 valence electrons. The smallest absolute Gasteiger partial charge is 0.354 e. The number of hydrogen-bond donors (Lipinski definition) is 1. The highest BCUT2D eigenvalue weighted by Crippen LogP contribution is 2.39. The van der Waals surface area contributed by atoms with Gasteiger partial charge in [0.2, 0.25) is 5.60 Å². The molecule has 1 heterocycles. The van der Waals surface area contributed by atoms with Crippen LogP contribution in [0, 0.1) is 0 Å². The Hall–Kier alpha value is -1.08. The zero-order valence-corrected chi connectivity index (χ0v) is 12.4. The number of carbonyl (C=O) groups excluding carboxylic acids is 1. The molecule has 1 aromatic carbocycles. The van der Waals surface area contributed by atoms with Crippen molar-refractivity contribution >= 4 is 21.8 Å². The lowest BCUT2D eigenvalue weighted by molar-refractivity contribution is -0.274. The number of morpholine rings is 1. The third kappa shape index (κ3) is 2.44. The van der Waals surface area contributed by atoms with Gasteiger partial charge >= 0.3 is 6.18 Å². The van der Waals surface area contributed by atoms with E-state index in [-0.39, 0.29) is 6.61 Å². The second-order valence-corrected chi connectivity index (χ2v) is 6.03. The average molecular weight is 352 g/mol. The zero-order valence-electron chi connectivity index (χ0n) is 10.8. The Morgan fingerprint density at radius 1 is 1.35 bits per heavy atom. The van der Waals surface area contributed by atoms with Gasteiger partial charge in [0, 0.05) is 4.47 Å². The van der Waals surface area contributed by atoms with Gasteiger partial charge in [-0.2, -0.15) is 13.2 Å². The summed E-state index contributed by atoms with van der Waals surface area (Å²) in [6.45, 7) is 2.11. The van der Waals surface area contributed by atoms with Crippen molar-refractivity contribution in [3.05, 3.63) is 34.3 Å². The minimum atomic E-state index is -4.75. The number of benzene rings is 1. The number of amides is 1. The van der Waals surface area contributed by atoms with Gasteiger partial charge in [-0.15, -0.1) is 0 Å². The Kier molecular flexibility index (Phi) is 3.62. The molecule has 1 aliphatic rings. The van der Waals surface area contributed by atoms with Crippen molar-refractivity contribution < 1.29 is 22.7 Å². The zero-order chi connectivity index (χ0) is 15.2. The Labute approximate surface area is 122 Å². The number of nitrogens with one attached hydrogen (secondary N) is 1. The van der Waals surface area contributed by atoms with E-state index in [1.165, 1.54) is 0 Å². The maximum atomic E-state index is 12.9. The number of ether oxygens (including phenoxy) is 1. The molecule has 0 aliphatic carbocycles. The van der Waals surface area contributed by atoms with E-state index >= 15 is 0 Å². The third-order valence-corrected chi connectivity index (χ3v) is 3.97. The van der Waals surface area contributed by atoms with Gasteiger partial charge in [-0.1, -0.05) is 28.1 Å². The average Bonchev–Trinajstić information content (AvgIpc) is 2.33. The maximum Gasteiger partial charge on any atom is 0.426 e. The van der Waals surface area contributed by atoms with Crippen LogP contribution in [-0.4, -0.2) is 24.3 Å². The SMILES string of the molecule is C[C@@]1(c2cccc(Br)c2)CO[C@@](C)(C(F)(F)F)C(=O)N1. The second kappa shape index (κ2) is 4.73. The standard InChI is InChI=1S/C13H13BrF3NO2/c1-11(8-4-3-5-9(14)6-8)7-20-12(2,10(19)18-11)13(15,16)17/h3-6H,7H2,1-2H3,(H,18,19)/t11-,12+/m0/s1. The van der Waals surface area contributed by atoms with Crippen LogP contribution in [0.25, 0.3) is 0 Å². The molecule has 0 bridgehead atoms. The van der Waals surface area contributed by atoms with Crippen molar-refractivity contribution in [3.8, 4) is 0 Å². The van der Waals surface area contributed by atoms with E-state index in [4.69, 9.17) is 4.74 Å². The van der Waals surface area contributed by atoms with Crippen LogP contribution in [0.5, 0.6) is 0 Å². The molecule has 1 N–H and O–H groups in total. The number of rotatable bonds is 1. The first-order valence-corrected chi connectivity index (χ1v) is 6.67. The summed E-state index contributed by atoms with van der Waals surface area (Å²) in [7, 11) is 0. The first-order valence-electron chi connectivity index (χ1n) is 5.88. The molecule has 20 heavy (non-hydrogen) atoms. The van der Waals surface area contributed by atoms with Crippen LogP contribution < -0.4 is 5.32 Å². The van der Waals surface area contributed by atoms with Crippen molar-refractivity contribution in [2.75, 3.05) is 6.61 Å². The molecule has 2 atom stereocenters. The summed E-state index contributed by atoms with van der Waals surface area (Å²) >= 11 is 3.29. The number of halogens is 4. The van der Waals surface area contributed by atoms with Gasteiger partial charge < -0.3 is 10.1 Å². The van der Waals surface area contributed by atoms with Crippen molar-refractivity contribution in [1.82, 2.24) is 5.32 Å². The van der Waals surface area contributed by atoms with Crippen LogP contribution in [0.3, 0.4) is 0 Å². The molecule has 0 spiro atoms. The molecule has 1 saturated heterocycles. The molecule has 2 rings (SSSR count). The van der Waals surface area contributed by atoms with E-state index in [0.29, 0.717) is 5.56 Å². The largest absolute Gasteiger partial charge is 0.426 e. The van der Waals surface area contributed by atoms with Crippen molar-refractivity contribution in [2.45, 2.75) is 31.2 Å². The number of hydrogen-bond acceptors (Lipinski definition) is 2. The van der Waals surface area contributed by atoms with Crippen molar-refractivity contribution in [1.29, 1.82) is 0 Å². The van der Waals surface area contributed by atoms with E-state index < -0.39 is 23.2 Å². The molecular formula is C13H13BrF3NO2. The third-order valence-electron chi connectivity index (χ3n) is 3.47.